The zero-order valence-electron chi connectivity index (χ0n) is 13.4. The fourth-order valence-corrected chi connectivity index (χ4v) is 4.49. The van der Waals surface area contributed by atoms with Crippen LogP contribution in [0.3, 0.4) is 0 Å². The van der Waals surface area contributed by atoms with Gasteiger partial charge in [0.2, 0.25) is 5.91 Å². The zero-order chi connectivity index (χ0) is 17.3. The van der Waals surface area contributed by atoms with Gasteiger partial charge in [-0.05, 0) is 48.4 Å². The maximum absolute atomic E-state index is 12.9. The normalized spacial score (nSPS) is 16.5. The first-order valence-corrected chi connectivity index (χ1v) is 8.74. The lowest BCUT2D eigenvalue weighted by Crippen LogP contribution is -2.20. The summed E-state index contributed by atoms with van der Waals surface area (Å²) in [5.41, 5.74) is 7.69. The van der Waals surface area contributed by atoms with Gasteiger partial charge in [0.15, 0.2) is 0 Å². The summed E-state index contributed by atoms with van der Waals surface area (Å²) >= 11 is 1.44. The van der Waals surface area contributed by atoms with Crippen LogP contribution in [0.25, 0.3) is 0 Å². The maximum Gasteiger partial charge on any atom is 0.251 e. The summed E-state index contributed by atoms with van der Waals surface area (Å²) in [6, 6.07) is 5.79. The van der Waals surface area contributed by atoms with Crippen LogP contribution in [0.15, 0.2) is 24.3 Å². The minimum absolute atomic E-state index is 0.122. The number of benzene rings is 1. The molecule has 3 rings (SSSR count). The van der Waals surface area contributed by atoms with Crippen molar-refractivity contribution in [3.63, 3.8) is 0 Å². The van der Waals surface area contributed by atoms with Crippen molar-refractivity contribution in [3.05, 3.63) is 51.7 Å². The quantitative estimate of drug-likeness (QED) is 0.892. The number of thiophene rings is 1. The van der Waals surface area contributed by atoms with Crippen molar-refractivity contribution in [1.82, 2.24) is 0 Å². The molecule has 0 saturated carbocycles. The number of anilines is 1. The second-order valence-corrected chi connectivity index (χ2v) is 7.38. The van der Waals surface area contributed by atoms with Gasteiger partial charge < -0.3 is 11.1 Å². The highest BCUT2D eigenvalue weighted by molar-refractivity contribution is 7.17. The molecule has 2 aromatic rings. The number of carbonyl (C=O) groups excluding carboxylic acids is 2. The van der Waals surface area contributed by atoms with Gasteiger partial charge in [-0.15, -0.1) is 11.3 Å². The highest BCUT2D eigenvalue weighted by atomic mass is 32.1. The van der Waals surface area contributed by atoms with Gasteiger partial charge in [-0.2, -0.15) is 0 Å². The molecule has 3 N–H and O–H groups in total. The van der Waals surface area contributed by atoms with E-state index in [1.807, 2.05) is 0 Å². The fraction of sp³-hybridized carbons (Fsp3) is 0.333. The molecular formula is C18H19FN2O2S. The summed E-state index contributed by atoms with van der Waals surface area (Å²) < 4.78 is 12.9. The van der Waals surface area contributed by atoms with E-state index in [-0.39, 0.29) is 18.1 Å². The van der Waals surface area contributed by atoms with Crippen LogP contribution in [0.1, 0.15) is 39.7 Å². The Morgan fingerprint density at radius 3 is 2.71 bits per heavy atom. The first-order chi connectivity index (χ1) is 11.4. The van der Waals surface area contributed by atoms with Crippen molar-refractivity contribution < 1.29 is 14.0 Å². The molecule has 1 aliphatic rings. The molecule has 0 fully saturated rings. The number of hydrogen-bond donors (Lipinski definition) is 2. The third kappa shape index (κ3) is 3.48. The Balaban J connectivity index is 1.80. The molecule has 0 unspecified atom stereocenters. The molecule has 1 aromatic carbocycles. The topological polar surface area (TPSA) is 72.2 Å². The smallest absolute Gasteiger partial charge is 0.251 e. The van der Waals surface area contributed by atoms with Gasteiger partial charge in [0.05, 0.1) is 12.0 Å². The molecule has 0 saturated heterocycles. The third-order valence-corrected chi connectivity index (χ3v) is 5.46. The number of carbonyl (C=O) groups is 2. The molecule has 1 heterocycles. The van der Waals surface area contributed by atoms with E-state index in [0.29, 0.717) is 22.0 Å². The maximum atomic E-state index is 12.9. The van der Waals surface area contributed by atoms with Crippen LogP contribution < -0.4 is 11.1 Å². The number of nitrogens with two attached hydrogens (primary N) is 1. The van der Waals surface area contributed by atoms with Crippen molar-refractivity contribution in [2.24, 2.45) is 11.7 Å². The molecule has 1 aromatic heterocycles. The van der Waals surface area contributed by atoms with Crippen LogP contribution >= 0.6 is 11.3 Å². The SMILES string of the molecule is C[C@H]1CCc2c(sc(NC(=O)Cc3ccc(F)cc3)c2C(N)=O)C1. The summed E-state index contributed by atoms with van der Waals surface area (Å²) in [5, 5.41) is 3.35. The average Bonchev–Trinajstić information content (AvgIpc) is 2.86. The van der Waals surface area contributed by atoms with E-state index in [0.717, 1.165) is 29.7 Å². The van der Waals surface area contributed by atoms with Crippen molar-refractivity contribution in [1.29, 1.82) is 0 Å². The fourth-order valence-electron chi connectivity index (χ4n) is 3.06. The summed E-state index contributed by atoms with van der Waals surface area (Å²) in [6.45, 7) is 2.18. The Hall–Kier alpha value is -2.21. The van der Waals surface area contributed by atoms with Crippen LogP contribution in [-0.2, 0) is 24.1 Å². The molecule has 0 radical (unpaired) electrons. The van der Waals surface area contributed by atoms with E-state index in [1.165, 1.54) is 23.5 Å². The van der Waals surface area contributed by atoms with Gasteiger partial charge in [-0.25, -0.2) is 4.39 Å². The number of halogens is 1. The van der Waals surface area contributed by atoms with Crippen LogP contribution in [0.2, 0.25) is 0 Å². The van der Waals surface area contributed by atoms with Crippen molar-refractivity contribution in [2.45, 2.75) is 32.6 Å². The monoisotopic (exact) mass is 346 g/mol. The number of hydrogen-bond acceptors (Lipinski definition) is 3. The van der Waals surface area contributed by atoms with Gasteiger partial charge in [-0.1, -0.05) is 19.1 Å². The number of rotatable bonds is 4. The molecule has 4 nitrogen and oxygen atoms in total. The summed E-state index contributed by atoms with van der Waals surface area (Å²) in [7, 11) is 0. The van der Waals surface area contributed by atoms with Gasteiger partial charge in [0.1, 0.15) is 10.8 Å². The second kappa shape index (κ2) is 6.73. The highest BCUT2D eigenvalue weighted by Crippen LogP contribution is 2.39. The van der Waals surface area contributed by atoms with Gasteiger partial charge in [0, 0.05) is 4.88 Å². The first kappa shape index (κ1) is 16.6. The molecule has 2 amide bonds. The Morgan fingerprint density at radius 2 is 2.04 bits per heavy atom. The lowest BCUT2D eigenvalue weighted by atomic mass is 9.88. The molecule has 0 bridgehead atoms. The molecule has 0 aliphatic heterocycles. The van der Waals surface area contributed by atoms with Crippen LogP contribution in [0, 0.1) is 11.7 Å². The molecular weight excluding hydrogens is 327 g/mol. The predicted octanol–water partition coefficient (Wildman–Crippen LogP) is 3.29. The summed E-state index contributed by atoms with van der Waals surface area (Å²) in [4.78, 5) is 25.3. The minimum atomic E-state index is -0.501. The van der Waals surface area contributed by atoms with E-state index >= 15 is 0 Å². The molecule has 6 heteroatoms. The molecule has 1 aliphatic carbocycles. The lowest BCUT2D eigenvalue weighted by molar-refractivity contribution is -0.115. The van der Waals surface area contributed by atoms with Gasteiger partial charge in [-0.3, -0.25) is 9.59 Å². The summed E-state index contributed by atoms with van der Waals surface area (Å²) in [5.74, 6) is -0.509. The lowest BCUT2D eigenvalue weighted by Gasteiger charge is -2.18. The Kier molecular flexibility index (Phi) is 4.66. The van der Waals surface area contributed by atoms with Crippen molar-refractivity contribution in [3.8, 4) is 0 Å². The minimum Gasteiger partial charge on any atom is -0.365 e. The Bertz CT molecular complexity index is 783. The standard InChI is InChI=1S/C18H19FN2O2S/c1-10-2-7-13-14(8-10)24-18(16(13)17(20)23)21-15(22)9-11-3-5-12(19)6-4-11/h3-6,10H,2,7-9H2,1H3,(H2,20,23)(H,21,22)/t10-/m0/s1. The third-order valence-electron chi connectivity index (χ3n) is 4.29. The van der Waals surface area contributed by atoms with E-state index in [4.69, 9.17) is 5.73 Å². The number of primary amides is 1. The largest absolute Gasteiger partial charge is 0.365 e. The number of nitrogens with one attached hydrogen (secondary N) is 1. The van der Waals surface area contributed by atoms with E-state index in [1.54, 1.807) is 12.1 Å². The number of amides is 2. The van der Waals surface area contributed by atoms with Gasteiger partial charge >= 0.3 is 0 Å². The Labute approximate surface area is 143 Å². The summed E-state index contributed by atoms with van der Waals surface area (Å²) in [6.07, 6.45) is 2.87. The molecule has 126 valence electrons. The van der Waals surface area contributed by atoms with E-state index in [9.17, 15) is 14.0 Å². The molecule has 0 spiro atoms. The second-order valence-electron chi connectivity index (χ2n) is 6.27. The molecule has 1 atom stereocenters. The first-order valence-electron chi connectivity index (χ1n) is 7.92. The van der Waals surface area contributed by atoms with E-state index < -0.39 is 5.91 Å². The number of fused-ring (bicyclic) bond motifs is 1. The van der Waals surface area contributed by atoms with Gasteiger partial charge in [0.25, 0.3) is 5.91 Å². The van der Waals surface area contributed by atoms with Crippen LogP contribution in [0.5, 0.6) is 0 Å². The van der Waals surface area contributed by atoms with E-state index in [2.05, 4.69) is 12.2 Å². The predicted molar refractivity (Wildman–Crippen MR) is 92.8 cm³/mol. The highest BCUT2D eigenvalue weighted by Gasteiger charge is 2.27. The van der Waals surface area contributed by atoms with Crippen molar-refractivity contribution >= 4 is 28.2 Å². The van der Waals surface area contributed by atoms with Crippen LogP contribution in [0.4, 0.5) is 9.39 Å². The Morgan fingerprint density at radius 1 is 1.33 bits per heavy atom. The molecule has 24 heavy (non-hydrogen) atoms. The average molecular weight is 346 g/mol. The van der Waals surface area contributed by atoms with Crippen LogP contribution in [-0.4, -0.2) is 11.8 Å². The van der Waals surface area contributed by atoms with Crippen molar-refractivity contribution in [2.75, 3.05) is 5.32 Å². The zero-order valence-corrected chi connectivity index (χ0v) is 14.2.